The quantitative estimate of drug-likeness (QED) is 0.522. The Morgan fingerprint density at radius 2 is 1.85 bits per heavy atom. The molecule has 2 aromatic carbocycles. The van der Waals surface area contributed by atoms with Crippen LogP contribution in [0.1, 0.15) is 15.2 Å². The molecule has 0 saturated carbocycles. The highest BCUT2D eigenvalue weighted by Crippen LogP contribution is 2.24. The Hall–Kier alpha value is -3.25. The first-order valence-corrected chi connectivity index (χ1v) is 9.14. The maximum Gasteiger partial charge on any atom is 0.261 e. The summed E-state index contributed by atoms with van der Waals surface area (Å²) >= 11 is 1.36. The molecule has 0 saturated heterocycles. The van der Waals surface area contributed by atoms with Crippen LogP contribution in [-0.4, -0.2) is 10.9 Å². The monoisotopic (exact) mass is 378 g/mol. The van der Waals surface area contributed by atoms with Crippen molar-refractivity contribution in [2.24, 2.45) is 0 Å². The minimum Gasteiger partial charge on any atom is -0.457 e. The molecule has 0 radical (unpaired) electrons. The molecule has 2 heterocycles. The smallest absolute Gasteiger partial charge is 0.261 e. The fourth-order valence-electron chi connectivity index (χ4n) is 2.64. The number of hydrogen-bond donors (Lipinski definition) is 1. The zero-order chi connectivity index (χ0) is 18.6. The Balaban J connectivity index is 1.42. The second-order valence-corrected chi connectivity index (χ2v) is 6.93. The SMILES string of the molecule is O=C(NCc1cccc(Oc2cccc(F)c2)c1)c1cc2cccnc2s1. The van der Waals surface area contributed by atoms with Crippen LogP contribution in [0.25, 0.3) is 10.2 Å². The van der Waals surface area contributed by atoms with Gasteiger partial charge in [-0.3, -0.25) is 4.79 Å². The molecule has 1 amide bonds. The third kappa shape index (κ3) is 4.12. The van der Waals surface area contributed by atoms with Crippen LogP contribution in [0.4, 0.5) is 4.39 Å². The van der Waals surface area contributed by atoms with Crippen molar-refractivity contribution in [2.45, 2.75) is 6.54 Å². The number of pyridine rings is 1. The number of nitrogens with zero attached hydrogens (tertiary/aromatic N) is 1. The average molecular weight is 378 g/mol. The fourth-order valence-corrected chi connectivity index (χ4v) is 3.56. The van der Waals surface area contributed by atoms with Crippen LogP contribution in [0.2, 0.25) is 0 Å². The molecule has 0 bridgehead atoms. The highest BCUT2D eigenvalue weighted by atomic mass is 32.1. The summed E-state index contributed by atoms with van der Waals surface area (Å²) in [6, 6.07) is 18.9. The number of fused-ring (bicyclic) bond motifs is 1. The van der Waals surface area contributed by atoms with Gasteiger partial charge in [0, 0.05) is 24.2 Å². The van der Waals surface area contributed by atoms with Gasteiger partial charge in [-0.25, -0.2) is 9.37 Å². The Morgan fingerprint density at radius 1 is 1.04 bits per heavy atom. The van der Waals surface area contributed by atoms with E-state index in [-0.39, 0.29) is 11.7 Å². The summed E-state index contributed by atoms with van der Waals surface area (Å²) in [4.78, 5) is 18.1. The lowest BCUT2D eigenvalue weighted by molar-refractivity contribution is 0.0955. The Bertz CT molecular complexity index is 1080. The fraction of sp³-hybridized carbons (Fsp3) is 0.0476. The molecule has 4 rings (SSSR count). The molecular weight excluding hydrogens is 363 g/mol. The van der Waals surface area contributed by atoms with Crippen molar-refractivity contribution in [1.29, 1.82) is 0 Å². The van der Waals surface area contributed by atoms with E-state index in [9.17, 15) is 9.18 Å². The minimum absolute atomic E-state index is 0.144. The third-order valence-electron chi connectivity index (χ3n) is 3.90. The number of nitrogens with one attached hydrogen (secondary N) is 1. The molecule has 0 aliphatic carbocycles. The van der Waals surface area contributed by atoms with Gasteiger partial charge in [0.2, 0.25) is 0 Å². The molecule has 0 aliphatic rings. The van der Waals surface area contributed by atoms with Crippen molar-refractivity contribution in [1.82, 2.24) is 10.3 Å². The van der Waals surface area contributed by atoms with E-state index < -0.39 is 0 Å². The van der Waals surface area contributed by atoms with Crippen LogP contribution in [0, 0.1) is 5.82 Å². The van der Waals surface area contributed by atoms with E-state index in [0.29, 0.717) is 22.9 Å². The number of hydrogen-bond acceptors (Lipinski definition) is 4. The van der Waals surface area contributed by atoms with Crippen LogP contribution >= 0.6 is 11.3 Å². The van der Waals surface area contributed by atoms with E-state index in [1.807, 2.05) is 36.4 Å². The largest absolute Gasteiger partial charge is 0.457 e. The van der Waals surface area contributed by atoms with Gasteiger partial charge in [-0.1, -0.05) is 24.3 Å². The van der Waals surface area contributed by atoms with E-state index in [2.05, 4.69) is 10.3 Å². The summed E-state index contributed by atoms with van der Waals surface area (Å²) in [5, 5.41) is 3.86. The molecule has 4 nitrogen and oxygen atoms in total. The molecule has 6 heteroatoms. The van der Waals surface area contributed by atoms with E-state index in [4.69, 9.17) is 4.74 Å². The highest BCUT2D eigenvalue weighted by molar-refractivity contribution is 7.20. The van der Waals surface area contributed by atoms with Gasteiger partial charge in [-0.05, 0) is 42.0 Å². The number of rotatable bonds is 5. The summed E-state index contributed by atoms with van der Waals surface area (Å²) in [6.07, 6.45) is 1.71. The lowest BCUT2D eigenvalue weighted by Crippen LogP contribution is -2.21. The molecule has 0 unspecified atom stereocenters. The summed E-state index contributed by atoms with van der Waals surface area (Å²) in [5.74, 6) is 0.510. The maximum absolute atomic E-state index is 13.3. The van der Waals surface area contributed by atoms with Gasteiger partial charge < -0.3 is 10.1 Å². The number of thiophene rings is 1. The third-order valence-corrected chi connectivity index (χ3v) is 4.96. The van der Waals surface area contributed by atoms with Gasteiger partial charge in [0.25, 0.3) is 5.91 Å². The molecular formula is C21H15FN2O2S. The lowest BCUT2D eigenvalue weighted by Gasteiger charge is -2.08. The van der Waals surface area contributed by atoms with E-state index >= 15 is 0 Å². The first kappa shape index (κ1) is 17.2. The average Bonchev–Trinajstić information content (AvgIpc) is 3.11. The maximum atomic E-state index is 13.3. The number of amides is 1. The molecule has 4 aromatic rings. The van der Waals surface area contributed by atoms with E-state index in [1.54, 1.807) is 24.4 Å². The normalized spacial score (nSPS) is 10.7. The predicted molar refractivity (Wildman–Crippen MR) is 104 cm³/mol. The molecule has 0 spiro atoms. The Labute approximate surface area is 159 Å². The molecule has 0 fully saturated rings. The van der Waals surface area contributed by atoms with Crippen molar-refractivity contribution >= 4 is 27.5 Å². The second kappa shape index (κ2) is 7.55. The molecule has 0 aliphatic heterocycles. The topological polar surface area (TPSA) is 51.2 Å². The van der Waals surface area contributed by atoms with Gasteiger partial charge >= 0.3 is 0 Å². The molecule has 0 atom stereocenters. The summed E-state index contributed by atoms with van der Waals surface area (Å²) in [7, 11) is 0. The number of ether oxygens (including phenoxy) is 1. The van der Waals surface area contributed by atoms with Gasteiger partial charge in [-0.2, -0.15) is 0 Å². The van der Waals surface area contributed by atoms with E-state index in [1.165, 1.54) is 23.5 Å². The molecule has 2 aromatic heterocycles. The highest BCUT2D eigenvalue weighted by Gasteiger charge is 2.10. The first-order chi connectivity index (χ1) is 13.2. The number of carbonyl (C=O) groups is 1. The number of aromatic nitrogens is 1. The van der Waals surface area contributed by atoms with Crippen LogP contribution in [-0.2, 0) is 6.54 Å². The number of carbonyl (C=O) groups excluding carboxylic acids is 1. The first-order valence-electron chi connectivity index (χ1n) is 8.32. The van der Waals surface area contributed by atoms with Crippen molar-refractivity contribution in [3.63, 3.8) is 0 Å². The van der Waals surface area contributed by atoms with Crippen molar-refractivity contribution in [2.75, 3.05) is 0 Å². The van der Waals surface area contributed by atoms with Crippen molar-refractivity contribution < 1.29 is 13.9 Å². The lowest BCUT2D eigenvalue weighted by atomic mass is 10.2. The standard InChI is InChI=1S/C21H15FN2O2S/c22-16-6-2-8-18(12-16)26-17-7-1-4-14(10-17)13-24-20(25)19-11-15-5-3-9-23-21(15)27-19/h1-12H,13H2,(H,24,25). The Kier molecular flexibility index (Phi) is 4.80. The zero-order valence-electron chi connectivity index (χ0n) is 14.2. The summed E-state index contributed by atoms with van der Waals surface area (Å²) in [5.41, 5.74) is 0.886. The zero-order valence-corrected chi connectivity index (χ0v) is 15.0. The molecule has 27 heavy (non-hydrogen) atoms. The van der Waals surface area contributed by atoms with Gasteiger partial charge in [0.1, 0.15) is 22.1 Å². The molecule has 1 N–H and O–H groups in total. The van der Waals surface area contributed by atoms with Crippen molar-refractivity contribution in [3.05, 3.63) is 89.2 Å². The van der Waals surface area contributed by atoms with Gasteiger partial charge in [0.15, 0.2) is 0 Å². The minimum atomic E-state index is -0.353. The van der Waals surface area contributed by atoms with Crippen molar-refractivity contribution in [3.8, 4) is 11.5 Å². The van der Waals surface area contributed by atoms with Crippen LogP contribution < -0.4 is 10.1 Å². The van der Waals surface area contributed by atoms with Gasteiger partial charge in [0.05, 0.1) is 4.88 Å². The van der Waals surface area contributed by atoms with Crippen LogP contribution in [0.15, 0.2) is 72.9 Å². The summed E-state index contributed by atoms with van der Waals surface area (Å²) < 4.78 is 18.9. The number of halogens is 1. The number of benzene rings is 2. The second-order valence-electron chi connectivity index (χ2n) is 5.90. The van der Waals surface area contributed by atoms with E-state index in [0.717, 1.165) is 15.8 Å². The molecule has 134 valence electrons. The van der Waals surface area contributed by atoms with Crippen LogP contribution in [0.3, 0.4) is 0 Å². The Morgan fingerprint density at radius 3 is 2.67 bits per heavy atom. The van der Waals surface area contributed by atoms with Gasteiger partial charge in [-0.15, -0.1) is 11.3 Å². The predicted octanol–water partition coefficient (Wildman–Crippen LogP) is 5.16. The van der Waals surface area contributed by atoms with Crippen LogP contribution in [0.5, 0.6) is 11.5 Å². The summed E-state index contributed by atoms with van der Waals surface area (Å²) in [6.45, 7) is 0.362.